The Labute approximate surface area is 837 Å². The lowest BCUT2D eigenvalue weighted by atomic mass is 9.44. The average molecular weight is 1990 g/mol. The van der Waals surface area contributed by atoms with Crippen LogP contribution in [-0.2, 0) is 67.0 Å². The molecule has 12 N–H and O–H groups in total. The lowest BCUT2D eigenvalue weighted by Gasteiger charge is -2.62. The van der Waals surface area contributed by atoms with Crippen molar-refractivity contribution in [2.75, 3.05) is 32.2 Å². The zero-order valence-electron chi connectivity index (χ0n) is 85.6. The quantitative estimate of drug-likeness (QED) is 0.0914. The summed E-state index contributed by atoms with van der Waals surface area (Å²) in [4.78, 5) is 149. The van der Waals surface area contributed by atoms with E-state index in [4.69, 9.17) is 9.47 Å². The van der Waals surface area contributed by atoms with E-state index in [1.807, 2.05) is 86.6 Å². The van der Waals surface area contributed by atoms with Crippen molar-refractivity contribution in [3.05, 3.63) is 107 Å². The molecule has 0 aromatic rings. The Hall–Kier alpha value is -6.58. The van der Waals surface area contributed by atoms with Gasteiger partial charge in [0.05, 0.1) is 36.3 Å². The lowest BCUT2D eigenvalue weighted by molar-refractivity contribution is -0.246. The monoisotopic (exact) mass is 1990 g/mol. The molecule has 20 aliphatic carbocycles. The lowest BCUT2D eigenvalue weighted by Crippen LogP contribution is -2.70. The number of allylic oxidation sites excluding steroid dienone is 17. The Morgan fingerprint density at radius 1 is 0.430 bits per heavy atom. The normalized spacial score (nSPS) is 48.7. The molecule has 0 aromatic heterocycles. The molecule has 26 nitrogen and oxygen atoms in total. The zero-order chi connectivity index (χ0) is 104. The van der Waals surface area contributed by atoms with Gasteiger partial charge in [0, 0.05) is 90.7 Å². The van der Waals surface area contributed by atoms with Gasteiger partial charge in [-0.05, 0) is 294 Å². The number of ketones is 11. The maximum atomic E-state index is 17.1. The second kappa shape index (κ2) is 35.8. The topological polar surface area (TPSA) is 466 Å². The number of alkyl halides is 1. The molecule has 0 spiro atoms. The molecule has 36 atom stereocenters. The Balaban J connectivity index is 0.000000122. The summed E-state index contributed by atoms with van der Waals surface area (Å²) in [5.41, 5.74) is -11.4. The number of Topliss-reactive ketones (excluding diaryl/α,β-unsaturated/α-hetero) is 6. The van der Waals surface area contributed by atoms with Crippen molar-refractivity contribution in [1.29, 1.82) is 0 Å². The molecule has 16 fully saturated rings. The Kier molecular flexibility index (Phi) is 26.9. The summed E-state index contributed by atoms with van der Waals surface area (Å²) in [7, 11) is 0. The molecule has 1 heterocycles. The first-order valence-corrected chi connectivity index (χ1v) is 53.5. The largest absolute Gasteiger partial charge is 0.393 e. The van der Waals surface area contributed by atoms with Crippen LogP contribution in [0.2, 0.25) is 0 Å². The highest BCUT2D eigenvalue weighted by molar-refractivity contribution is 8.14. The molecule has 21 aliphatic rings. The van der Waals surface area contributed by atoms with Crippen molar-refractivity contribution >= 4 is 80.5 Å². The number of fused-ring (bicyclic) bond motifs is 27. The zero-order valence-corrected chi connectivity index (χ0v) is 86.5. The van der Waals surface area contributed by atoms with Crippen LogP contribution in [0.15, 0.2) is 107 Å². The first-order chi connectivity index (χ1) is 66.0. The van der Waals surface area contributed by atoms with Crippen LogP contribution in [0.3, 0.4) is 0 Å². The van der Waals surface area contributed by atoms with E-state index in [0.29, 0.717) is 77.0 Å². The fraction of sp³-hybridized carbons (Fsp3) is 0.737. The van der Waals surface area contributed by atoms with Gasteiger partial charge in [0.1, 0.15) is 54.6 Å². The fourth-order valence-corrected chi connectivity index (χ4v) is 37.4. The van der Waals surface area contributed by atoms with Crippen LogP contribution in [0.5, 0.6) is 0 Å². The van der Waals surface area contributed by atoms with Gasteiger partial charge in [-0.2, -0.15) is 0 Å². The molecule has 142 heavy (non-hydrogen) atoms. The second-order valence-electron chi connectivity index (χ2n) is 51.1. The van der Waals surface area contributed by atoms with Crippen LogP contribution < -0.4 is 0 Å². The highest BCUT2D eigenvalue weighted by Gasteiger charge is 2.82. The van der Waals surface area contributed by atoms with Crippen LogP contribution >= 0.6 is 11.8 Å². The predicted molar refractivity (Wildman–Crippen MR) is 522 cm³/mol. The summed E-state index contributed by atoms with van der Waals surface area (Å²) < 4.78 is 29.5. The van der Waals surface area contributed by atoms with Crippen molar-refractivity contribution in [3.8, 4) is 0 Å². The Morgan fingerprint density at radius 3 is 1.37 bits per heavy atom. The Morgan fingerprint density at radius 2 is 0.852 bits per heavy atom. The minimum atomic E-state index is -1.98. The number of rotatable bonds is 11. The molecule has 0 aromatic carbocycles. The number of hydrogen-bond donors (Lipinski definition) is 12. The summed E-state index contributed by atoms with van der Waals surface area (Å²) in [6, 6.07) is 0. The third-order valence-electron chi connectivity index (χ3n) is 43.5. The molecule has 778 valence electrons. The van der Waals surface area contributed by atoms with Crippen LogP contribution in [0.25, 0.3) is 0 Å². The summed E-state index contributed by atoms with van der Waals surface area (Å²) in [5.74, 6) is -3.02. The number of aliphatic hydroxyl groups excluding tert-OH is 8. The van der Waals surface area contributed by atoms with Gasteiger partial charge in [0.25, 0.3) is 0 Å². The van der Waals surface area contributed by atoms with Gasteiger partial charge in [-0.3, -0.25) is 57.5 Å². The van der Waals surface area contributed by atoms with E-state index in [2.05, 4.69) is 27.7 Å². The summed E-state index contributed by atoms with van der Waals surface area (Å²) in [6.07, 6.45) is 32.1. The van der Waals surface area contributed by atoms with Crippen molar-refractivity contribution in [2.45, 2.75) is 341 Å². The second-order valence-corrected chi connectivity index (χ2v) is 52.0. The smallest absolute Gasteiger partial charge is 0.194 e. The van der Waals surface area contributed by atoms with Gasteiger partial charge in [-0.15, -0.1) is 0 Å². The predicted octanol–water partition coefficient (Wildman–Crippen LogP) is 11.6. The molecule has 0 amide bonds. The summed E-state index contributed by atoms with van der Waals surface area (Å²) >= 11 is 1.00. The van der Waals surface area contributed by atoms with Crippen molar-refractivity contribution in [2.24, 2.45) is 148 Å². The van der Waals surface area contributed by atoms with E-state index in [0.717, 1.165) is 105 Å². The maximum Gasteiger partial charge on any atom is 0.194 e. The molecular formula is C114H153FO26S. The minimum Gasteiger partial charge on any atom is -0.393 e. The highest BCUT2D eigenvalue weighted by atomic mass is 32.2. The summed E-state index contributed by atoms with van der Waals surface area (Å²) in [5, 5.41) is 128. The third kappa shape index (κ3) is 15.2. The standard InChI is InChI=1S/C26H38O5S.C24H31FO6.C22H30O5.C21H28O5.C21H26O5/c1-23(2,3)22(30)32-14-20(29)26(31)11-9-18-17-7-6-15-12-16(27)8-10-24(15,4)21(17)19(28)13-25(18,26)5;1-20(2)30-19-10-16-15-6-5-13-9-14(27)7-8-21(13,3)23(15,25)17(28)11-22(16,4)24(19,31-20)18(29)12-26;1-12-8-14-15-5-7-22(27,18(26)11-23)21(15,3)10-17(25)19(14)20(2)6-4-13(24)9-16(12)20;2*1-19-7-5-13(23)9-12(19)3-4-14-15-6-8-21(26,17(25)11-22)20(15,2)10-16(24)18(14)19/h12,17-19,21,28,31H,6-11,13-14H2,1-5H3;7-9,15-17,19,26,28H,5-6,10-12H2,1-4H3;4,6,9,12,14-15,17,19,23,25,27H,5,7-8,10-11H2,1-3H3;5,7,9,14-16,18,22,24,26H,3-4,6,8,10-11H2,1-2H3;5,7,9,14-15,18,22,26H,3-4,6,8,10-11H2,1-2H3/t17-,18-,19-,21+,24-,25-,26-;15-,16-,17-,19+,21-,22-,23-,24+;12-,14-,15-,17-,19+,20-,21-,22-;14-,15-,16-,18+,19-,20-,21-;14-,15-,18+,19-,20-,21-/m00000/s1. The Bertz CT molecular complexity index is 5590. The van der Waals surface area contributed by atoms with E-state index >= 15 is 4.39 Å². The van der Waals surface area contributed by atoms with Gasteiger partial charge in [-0.25, -0.2) is 4.39 Å². The molecule has 28 heteroatoms. The van der Waals surface area contributed by atoms with Crippen molar-refractivity contribution in [1.82, 2.24) is 0 Å². The van der Waals surface area contributed by atoms with E-state index in [9.17, 15) is 119 Å². The van der Waals surface area contributed by atoms with Crippen molar-refractivity contribution < 1.29 is 133 Å². The average Bonchev–Trinajstić information content (AvgIpc) is 1.47. The van der Waals surface area contributed by atoms with Gasteiger partial charge >= 0.3 is 0 Å². The van der Waals surface area contributed by atoms with E-state index < -0.39 is 169 Å². The fourth-order valence-electron chi connectivity index (χ4n) is 36.4. The van der Waals surface area contributed by atoms with Crippen LogP contribution in [0.4, 0.5) is 4.39 Å². The molecule has 15 saturated carbocycles. The van der Waals surface area contributed by atoms with Crippen molar-refractivity contribution in [3.63, 3.8) is 0 Å². The molecule has 1 aliphatic heterocycles. The van der Waals surface area contributed by atoms with Crippen LogP contribution in [0, 0.1) is 148 Å². The van der Waals surface area contributed by atoms with E-state index in [1.165, 1.54) is 17.7 Å². The molecule has 0 bridgehead atoms. The highest BCUT2D eigenvalue weighted by Crippen LogP contribution is 2.76. The molecule has 0 unspecified atom stereocenters. The first kappa shape index (κ1) is 107. The van der Waals surface area contributed by atoms with Crippen LogP contribution in [-0.4, -0.2) is 232 Å². The van der Waals surface area contributed by atoms with E-state index in [1.54, 1.807) is 63.3 Å². The molecule has 21 rings (SSSR count). The van der Waals surface area contributed by atoms with Gasteiger partial charge < -0.3 is 70.8 Å². The van der Waals surface area contributed by atoms with Gasteiger partial charge in [0.15, 0.2) is 80.0 Å². The molecular weight excluding hydrogens is 1840 g/mol. The van der Waals surface area contributed by atoms with Gasteiger partial charge in [-0.1, -0.05) is 154 Å². The molecule has 1 saturated heterocycles. The minimum absolute atomic E-state index is 0.00620. The summed E-state index contributed by atoms with van der Waals surface area (Å²) in [6.45, 7) is 28.1. The number of aliphatic hydroxyl groups is 12. The van der Waals surface area contributed by atoms with Crippen LogP contribution in [0.1, 0.15) is 271 Å². The number of hydrogen-bond acceptors (Lipinski definition) is 27. The number of halogens is 1. The number of carbonyl (C=O) groups is 12. The first-order valence-electron chi connectivity index (χ1n) is 52.5. The molecule has 0 radical (unpaired) electrons. The SMILES string of the molecule is CC(C)(C)C(=O)SCC(=O)[C@@]1(O)CC[C@H]2[C@@H]3CCC4=CC(=O)CC[C@]4(C)[C@H]3[C@@H](O)C[C@@]21C.CC1(C)O[C@@H]2C[C@H]3[C@@H]4CCC5=CC(=O)C=C[C@]5(C)[C@@]4(F)[C@@H](O)C[C@]3(C)[C@]2(C(=O)CO)O1.C[C@H]1C[C@@H]2[C@H]([C@@H](O)C[C@@]3(C)[C@H]2CC[C@]3(O)C(=O)CO)[C@@]2(C)C=CC(=O)C=C12.C[C@]12C=CC(=O)C=C1CC[C@@H]1[C@@H]2C(=O)C[C@@]2(C)[C@H]1CC[C@]2(O)C(=O)CO.C[C@]12C=CC(=O)C=C1CC[C@@H]1[C@@H]2[C@@H](O)C[C@@]2(C)[C@H]1CC[C@]2(O)C(=O)CO. The number of thioether (sulfide) groups is 1. The van der Waals surface area contributed by atoms with Gasteiger partial charge in [0.2, 0.25) is 0 Å². The number of ether oxygens (including phenoxy) is 2. The maximum absolute atomic E-state index is 17.1. The van der Waals surface area contributed by atoms with E-state index in [-0.39, 0.29) is 163 Å². The number of carbonyl (C=O) groups excluding carboxylic acids is 12. The third-order valence-corrected chi connectivity index (χ3v) is 44.8.